The summed E-state index contributed by atoms with van der Waals surface area (Å²) in [6.45, 7) is 3.20. The van der Waals surface area contributed by atoms with Crippen molar-refractivity contribution in [1.82, 2.24) is 10.6 Å². The lowest BCUT2D eigenvalue weighted by atomic mass is 10.1. The van der Waals surface area contributed by atoms with Crippen molar-refractivity contribution < 1.29 is 34.1 Å². The fourth-order valence-electron chi connectivity index (χ4n) is 4.86. The second-order valence-electron chi connectivity index (χ2n) is 12.3. The van der Waals surface area contributed by atoms with Crippen LogP contribution in [0.2, 0.25) is 0 Å². The summed E-state index contributed by atoms with van der Waals surface area (Å²) in [7, 11) is 0. The van der Waals surface area contributed by atoms with Crippen LogP contribution in [0, 0.1) is 0 Å². The zero-order valence-electron chi connectivity index (χ0n) is 30.4. The highest BCUT2D eigenvalue weighted by molar-refractivity contribution is 5.87. The Morgan fingerprint density at radius 3 is 1.84 bits per heavy atom. The fraction of sp³-hybridized carbons (Fsp3) is 0.650. The molecule has 9 heteroatoms. The standard InChI is InChI=1S/C40H66N2O7/c1-3-5-7-8-9-10-11-12-13-14-15-16-17-18-19-20-21-22-28-32-39(46)49-35(29-25-6-4-2)30-26-23-24-27-31-37(44)41-33-38(45)42-36(34-43)40(47)48/h5,7,9-10,12-13,15-16,25,29,35-36,43H,3-4,6,8,11,14,17-24,26-28,30-34H2,1-2H3,(H,41,44)(H,42,45)(H,47,48)/b7-5-,10-9-,13-12-,16-15-,29-25-. The summed E-state index contributed by atoms with van der Waals surface area (Å²) in [6.07, 6.45) is 40.2. The predicted octanol–water partition coefficient (Wildman–Crippen LogP) is 8.20. The lowest BCUT2D eigenvalue weighted by Gasteiger charge is -2.15. The van der Waals surface area contributed by atoms with Crippen LogP contribution in [0.25, 0.3) is 0 Å². The van der Waals surface area contributed by atoms with E-state index in [1.54, 1.807) is 0 Å². The molecule has 0 spiro atoms. The third kappa shape index (κ3) is 31.6. The quantitative estimate of drug-likeness (QED) is 0.0318. The normalized spacial score (nSPS) is 13.2. The van der Waals surface area contributed by atoms with Gasteiger partial charge in [-0.25, -0.2) is 4.79 Å². The molecule has 0 saturated carbocycles. The van der Waals surface area contributed by atoms with Crippen LogP contribution in [0.4, 0.5) is 0 Å². The van der Waals surface area contributed by atoms with E-state index in [4.69, 9.17) is 14.9 Å². The number of esters is 1. The van der Waals surface area contributed by atoms with Gasteiger partial charge >= 0.3 is 11.9 Å². The molecule has 0 saturated heterocycles. The van der Waals surface area contributed by atoms with Crippen molar-refractivity contribution in [3.8, 4) is 0 Å². The second-order valence-corrected chi connectivity index (χ2v) is 12.3. The van der Waals surface area contributed by atoms with Crippen molar-refractivity contribution in [2.75, 3.05) is 13.2 Å². The molecule has 4 N–H and O–H groups in total. The molecule has 2 amide bonds. The third-order valence-corrected chi connectivity index (χ3v) is 7.71. The Labute approximate surface area is 296 Å². The van der Waals surface area contributed by atoms with Gasteiger partial charge in [-0.2, -0.15) is 0 Å². The van der Waals surface area contributed by atoms with Gasteiger partial charge < -0.3 is 25.6 Å². The van der Waals surface area contributed by atoms with Gasteiger partial charge in [0.1, 0.15) is 12.1 Å². The molecule has 2 atom stereocenters. The molecule has 0 fully saturated rings. The highest BCUT2D eigenvalue weighted by Gasteiger charge is 2.18. The Kier molecular flexibility index (Phi) is 32.0. The van der Waals surface area contributed by atoms with Gasteiger partial charge in [-0.1, -0.05) is 113 Å². The summed E-state index contributed by atoms with van der Waals surface area (Å²) in [5.74, 6) is -2.44. The molecule has 9 nitrogen and oxygen atoms in total. The molecule has 0 aliphatic rings. The summed E-state index contributed by atoms with van der Waals surface area (Å²) in [6, 6.07) is -1.39. The number of amides is 2. The number of carbonyl (C=O) groups is 4. The van der Waals surface area contributed by atoms with E-state index in [0.29, 0.717) is 12.8 Å². The molecular formula is C40H66N2O7. The lowest BCUT2D eigenvalue weighted by molar-refractivity contribution is -0.147. The first-order valence-corrected chi connectivity index (χ1v) is 18.7. The van der Waals surface area contributed by atoms with Gasteiger partial charge in [-0.05, 0) is 76.7 Å². The van der Waals surface area contributed by atoms with E-state index >= 15 is 0 Å². The number of carboxylic acid groups (broad SMARTS) is 1. The van der Waals surface area contributed by atoms with E-state index in [0.717, 1.165) is 89.9 Å². The number of aliphatic hydroxyl groups excluding tert-OH is 1. The van der Waals surface area contributed by atoms with Gasteiger partial charge in [-0.3, -0.25) is 14.4 Å². The van der Waals surface area contributed by atoms with Crippen LogP contribution in [0.15, 0.2) is 60.8 Å². The maximum Gasteiger partial charge on any atom is 0.328 e. The molecule has 0 aromatic rings. The highest BCUT2D eigenvalue weighted by atomic mass is 16.5. The molecule has 0 aromatic carbocycles. The number of carboxylic acids is 1. The van der Waals surface area contributed by atoms with Crippen molar-refractivity contribution in [1.29, 1.82) is 0 Å². The number of aliphatic hydroxyl groups is 1. The number of hydrogen-bond donors (Lipinski definition) is 4. The minimum atomic E-state index is -1.39. The van der Waals surface area contributed by atoms with Gasteiger partial charge in [0.2, 0.25) is 11.8 Å². The maximum absolute atomic E-state index is 12.5. The molecule has 0 rings (SSSR count). The Morgan fingerprint density at radius 2 is 1.22 bits per heavy atom. The van der Waals surface area contributed by atoms with Crippen molar-refractivity contribution in [2.24, 2.45) is 0 Å². The number of aliphatic carboxylic acids is 1. The van der Waals surface area contributed by atoms with E-state index in [1.807, 2.05) is 6.08 Å². The molecule has 0 radical (unpaired) electrons. The van der Waals surface area contributed by atoms with Crippen LogP contribution in [-0.4, -0.2) is 59.3 Å². The van der Waals surface area contributed by atoms with Gasteiger partial charge in [0.15, 0.2) is 0 Å². The average Bonchev–Trinajstić information content (AvgIpc) is 3.08. The summed E-state index contributed by atoms with van der Waals surface area (Å²) in [5, 5.41) is 22.4. The number of rotatable bonds is 32. The fourth-order valence-corrected chi connectivity index (χ4v) is 4.86. The van der Waals surface area contributed by atoms with E-state index in [9.17, 15) is 19.2 Å². The number of unbranched alkanes of at least 4 members (excludes halogenated alkanes) is 10. The SMILES string of the molecule is CC/C=C\C/C=C\C/C=C\C/C=C\CCCCCCCCC(=O)OC(/C=C\CCC)CCCCCCC(=O)NCC(=O)NC(CO)C(=O)O. The van der Waals surface area contributed by atoms with Crippen LogP contribution < -0.4 is 10.6 Å². The second kappa shape index (κ2) is 34.4. The molecular weight excluding hydrogens is 620 g/mol. The van der Waals surface area contributed by atoms with E-state index in [-0.39, 0.29) is 30.9 Å². The molecule has 0 aliphatic carbocycles. The molecule has 278 valence electrons. The zero-order chi connectivity index (χ0) is 36.2. The van der Waals surface area contributed by atoms with E-state index in [2.05, 4.69) is 79.2 Å². The van der Waals surface area contributed by atoms with Crippen molar-refractivity contribution in [3.05, 3.63) is 60.8 Å². The van der Waals surface area contributed by atoms with Crippen LogP contribution >= 0.6 is 0 Å². The van der Waals surface area contributed by atoms with Crippen LogP contribution in [0.3, 0.4) is 0 Å². The largest absolute Gasteiger partial charge is 0.480 e. The summed E-state index contributed by atoms with van der Waals surface area (Å²) in [4.78, 5) is 47.1. The predicted molar refractivity (Wildman–Crippen MR) is 199 cm³/mol. The Morgan fingerprint density at radius 1 is 0.653 bits per heavy atom. The Bertz CT molecular complexity index is 1020. The number of nitrogens with one attached hydrogen (secondary N) is 2. The van der Waals surface area contributed by atoms with Gasteiger partial charge in [0, 0.05) is 12.8 Å². The number of carbonyl (C=O) groups excluding carboxylic acids is 3. The van der Waals surface area contributed by atoms with Crippen LogP contribution in [0.1, 0.15) is 142 Å². The third-order valence-electron chi connectivity index (χ3n) is 7.71. The van der Waals surface area contributed by atoms with Gasteiger partial charge in [0.25, 0.3) is 0 Å². The van der Waals surface area contributed by atoms with Crippen molar-refractivity contribution in [3.63, 3.8) is 0 Å². The first-order chi connectivity index (χ1) is 23.8. The van der Waals surface area contributed by atoms with Gasteiger partial charge in [0.05, 0.1) is 13.2 Å². The minimum absolute atomic E-state index is 0.139. The number of allylic oxidation sites excluding steroid dienone is 9. The monoisotopic (exact) mass is 686 g/mol. The summed E-state index contributed by atoms with van der Waals surface area (Å²) in [5.41, 5.74) is 0. The first kappa shape index (κ1) is 45.5. The molecule has 0 bridgehead atoms. The zero-order valence-corrected chi connectivity index (χ0v) is 30.4. The van der Waals surface area contributed by atoms with E-state index < -0.39 is 24.5 Å². The lowest BCUT2D eigenvalue weighted by Crippen LogP contribution is -2.47. The Balaban J connectivity index is 3.99. The first-order valence-electron chi connectivity index (χ1n) is 18.7. The van der Waals surface area contributed by atoms with Gasteiger partial charge in [-0.15, -0.1) is 0 Å². The minimum Gasteiger partial charge on any atom is -0.480 e. The molecule has 0 aliphatic heterocycles. The Hall–Kier alpha value is -3.46. The highest BCUT2D eigenvalue weighted by Crippen LogP contribution is 2.14. The average molecular weight is 687 g/mol. The van der Waals surface area contributed by atoms with Crippen LogP contribution in [-0.2, 0) is 23.9 Å². The molecule has 49 heavy (non-hydrogen) atoms. The smallest absolute Gasteiger partial charge is 0.328 e. The molecule has 2 unspecified atom stereocenters. The molecule has 0 heterocycles. The van der Waals surface area contributed by atoms with Crippen molar-refractivity contribution >= 4 is 23.8 Å². The summed E-state index contributed by atoms with van der Waals surface area (Å²) >= 11 is 0. The van der Waals surface area contributed by atoms with Crippen molar-refractivity contribution in [2.45, 2.75) is 154 Å². The number of ether oxygens (including phenoxy) is 1. The van der Waals surface area contributed by atoms with Crippen LogP contribution in [0.5, 0.6) is 0 Å². The topological polar surface area (TPSA) is 142 Å². The number of hydrogen-bond acceptors (Lipinski definition) is 6. The maximum atomic E-state index is 12.5. The molecule has 0 aromatic heterocycles. The van der Waals surface area contributed by atoms with E-state index in [1.165, 1.54) is 19.3 Å². The summed E-state index contributed by atoms with van der Waals surface area (Å²) < 4.78 is 5.79.